The fourth-order valence-electron chi connectivity index (χ4n) is 2.13. The molecular formula is C16H34CoO6P2+2. The van der Waals surface area contributed by atoms with E-state index in [1.54, 1.807) is 0 Å². The van der Waals surface area contributed by atoms with Gasteiger partial charge in [0, 0.05) is 0 Å². The quantitative estimate of drug-likeness (QED) is 0.368. The fraction of sp³-hybridized carbons (Fsp3) is 1.00. The van der Waals surface area contributed by atoms with Crippen molar-refractivity contribution < 1.29 is 44.7 Å². The van der Waals surface area contributed by atoms with Crippen LogP contribution >= 0.6 is 16.5 Å². The molecule has 151 valence electrons. The zero-order valence-electron chi connectivity index (χ0n) is 15.9. The molecule has 0 aliphatic rings. The zero-order chi connectivity index (χ0) is 18.8. The summed E-state index contributed by atoms with van der Waals surface area (Å²) in [5, 5.41) is 0. The summed E-state index contributed by atoms with van der Waals surface area (Å²) in [5.74, 6) is 0.802. The van der Waals surface area contributed by atoms with Crippen LogP contribution in [0.25, 0.3) is 0 Å². The van der Waals surface area contributed by atoms with Crippen LogP contribution in [-0.2, 0) is 35.0 Å². The van der Waals surface area contributed by atoms with Crippen LogP contribution in [0.4, 0.5) is 0 Å². The van der Waals surface area contributed by atoms with Gasteiger partial charge in [-0.2, -0.15) is 0 Å². The topological polar surface area (TPSA) is 98.7 Å². The molecular weight excluding hydrogens is 409 g/mol. The summed E-state index contributed by atoms with van der Waals surface area (Å²) in [6.07, 6.45) is 8.72. The second-order valence-electron chi connectivity index (χ2n) is 5.87. The smallest absolute Gasteiger partial charge is 0.566 e. The van der Waals surface area contributed by atoms with Gasteiger partial charge < -0.3 is 9.79 Å². The molecule has 0 saturated heterocycles. The molecule has 0 spiro atoms. The largest absolute Gasteiger partial charge is 2.00 e. The Kier molecular flexibility index (Phi) is 27.4. The minimum atomic E-state index is -2.65. The van der Waals surface area contributed by atoms with Crippen LogP contribution in [0.5, 0.6) is 0 Å². The molecule has 4 unspecified atom stereocenters. The average molecular weight is 443 g/mol. The average Bonchev–Trinajstić information content (AvgIpc) is 2.55. The Morgan fingerprint density at radius 3 is 1.28 bits per heavy atom. The monoisotopic (exact) mass is 443 g/mol. The summed E-state index contributed by atoms with van der Waals surface area (Å²) >= 11 is 0. The van der Waals surface area contributed by atoms with Crippen molar-refractivity contribution in [3.05, 3.63) is 0 Å². The summed E-state index contributed by atoms with van der Waals surface area (Å²) in [6, 6.07) is 0. The van der Waals surface area contributed by atoms with Gasteiger partial charge in [-0.15, -0.1) is 9.05 Å². The first-order valence-corrected chi connectivity index (χ1v) is 11.1. The molecule has 25 heavy (non-hydrogen) atoms. The Hall–Kier alpha value is 0.546. The van der Waals surface area contributed by atoms with Gasteiger partial charge in [0.25, 0.3) is 0 Å². The Labute approximate surface area is 165 Å². The maximum absolute atomic E-state index is 10.1. The maximum atomic E-state index is 10.1. The Balaban J connectivity index is -0.000000372. The van der Waals surface area contributed by atoms with E-state index in [1.165, 1.54) is 0 Å². The number of hydrogen-bond donors (Lipinski definition) is 0. The molecule has 0 fully saturated rings. The van der Waals surface area contributed by atoms with Crippen LogP contribution in [0.3, 0.4) is 0 Å². The Bertz CT molecular complexity index is 291. The normalized spacial score (nSPS) is 13.8. The first-order chi connectivity index (χ1) is 11.4. The standard InChI is InChI=1S/2C8H17O3P.Co/c2*1-3-5-6-8(4-2)7-11-12(9)10;/h2*8H,3-7H2,1-2H3;/q;;+2. The molecule has 0 aromatic rings. The minimum absolute atomic E-state index is 0. The molecule has 6 nitrogen and oxygen atoms in total. The zero-order valence-corrected chi connectivity index (χ0v) is 18.7. The molecule has 0 rings (SSSR count). The third kappa shape index (κ3) is 24.5. The minimum Gasteiger partial charge on any atom is -0.566 e. The molecule has 4 atom stereocenters. The summed E-state index contributed by atoms with van der Waals surface area (Å²) < 4.78 is 29.3. The summed E-state index contributed by atoms with van der Waals surface area (Å²) in [5.41, 5.74) is 0. The van der Waals surface area contributed by atoms with Crippen molar-refractivity contribution in [2.75, 3.05) is 13.2 Å². The summed E-state index contributed by atoms with van der Waals surface area (Å²) in [6.45, 7) is 9.08. The predicted octanol–water partition coefficient (Wildman–Crippen LogP) is 4.47. The van der Waals surface area contributed by atoms with Crippen LogP contribution in [0, 0.1) is 11.8 Å². The van der Waals surface area contributed by atoms with Crippen molar-refractivity contribution in [3.63, 3.8) is 0 Å². The third-order valence-electron chi connectivity index (χ3n) is 3.92. The summed E-state index contributed by atoms with van der Waals surface area (Å²) in [7, 11) is -5.31. The van der Waals surface area contributed by atoms with E-state index in [-0.39, 0.29) is 16.8 Å². The fourth-order valence-corrected chi connectivity index (χ4v) is 2.79. The Morgan fingerprint density at radius 2 is 1.08 bits per heavy atom. The van der Waals surface area contributed by atoms with E-state index in [9.17, 15) is 18.9 Å². The van der Waals surface area contributed by atoms with Gasteiger partial charge in [-0.3, -0.25) is 0 Å². The SMILES string of the molecule is CCCCC(CC)CO[P+](=O)[O-].CCCCC(CC)CO[P+](=O)[O-].[Co+2]. The molecule has 0 aromatic heterocycles. The predicted molar refractivity (Wildman–Crippen MR) is 93.7 cm³/mol. The molecule has 0 aromatic carbocycles. The van der Waals surface area contributed by atoms with Crippen LogP contribution in [-0.4, -0.2) is 13.2 Å². The van der Waals surface area contributed by atoms with Crippen molar-refractivity contribution in [1.82, 2.24) is 0 Å². The molecule has 0 amide bonds. The molecule has 0 bridgehead atoms. The maximum Gasteiger partial charge on any atom is 2.00 e. The van der Waals surface area contributed by atoms with Gasteiger partial charge in [0.05, 0.1) is 0 Å². The number of unbranched alkanes of at least 4 members (excludes halogenated alkanes) is 2. The van der Waals surface area contributed by atoms with Gasteiger partial charge in [-0.05, 0) is 33.8 Å². The molecule has 9 heteroatoms. The second kappa shape index (κ2) is 22.6. The van der Waals surface area contributed by atoms with Crippen molar-refractivity contribution in [2.24, 2.45) is 11.8 Å². The third-order valence-corrected chi connectivity index (χ3v) is 4.64. The van der Waals surface area contributed by atoms with Crippen LogP contribution in [0.1, 0.15) is 79.1 Å². The van der Waals surface area contributed by atoms with Crippen LogP contribution < -0.4 is 9.79 Å². The number of rotatable bonds is 14. The van der Waals surface area contributed by atoms with E-state index in [0.717, 1.165) is 51.4 Å². The second-order valence-corrected chi connectivity index (χ2v) is 7.28. The molecule has 0 heterocycles. The van der Waals surface area contributed by atoms with E-state index >= 15 is 0 Å². The molecule has 1 radical (unpaired) electrons. The van der Waals surface area contributed by atoms with Gasteiger partial charge in [0.2, 0.25) is 0 Å². The van der Waals surface area contributed by atoms with Crippen molar-refractivity contribution >= 4 is 16.5 Å². The Morgan fingerprint density at radius 1 is 0.760 bits per heavy atom. The van der Waals surface area contributed by atoms with Crippen molar-refractivity contribution in [3.8, 4) is 0 Å². The van der Waals surface area contributed by atoms with Gasteiger partial charge in [-0.1, -0.05) is 66.2 Å². The van der Waals surface area contributed by atoms with E-state index < -0.39 is 16.5 Å². The molecule has 0 saturated carbocycles. The van der Waals surface area contributed by atoms with Crippen LogP contribution in [0.15, 0.2) is 0 Å². The first-order valence-electron chi connectivity index (χ1n) is 8.95. The van der Waals surface area contributed by atoms with Gasteiger partial charge in [-0.25, -0.2) is 0 Å². The van der Waals surface area contributed by atoms with Crippen molar-refractivity contribution in [2.45, 2.75) is 79.1 Å². The van der Waals surface area contributed by atoms with E-state index in [4.69, 9.17) is 0 Å². The van der Waals surface area contributed by atoms with Gasteiger partial charge in [0.15, 0.2) is 0 Å². The van der Waals surface area contributed by atoms with Gasteiger partial charge in [0.1, 0.15) is 13.2 Å². The van der Waals surface area contributed by atoms with Gasteiger partial charge >= 0.3 is 33.3 Å². The molecule has 0 N–H and O–H groups in total. The van der Waals surface area contributed by atoms with E-state index in [2.05, 4.69) is 36.7 Å². The first kappa shape index (κ1) is 30.3. The van der Waals surface area contributed by atoms with E-state index in [0.29, 0.717) is 25.0 Å². The van der Waals surface area contributed by atoms with E-state index in [1.807, 2.05) is 0 Å². The van der Waals surface area contributed by atoms with Crippen LogP contribution in [0.2, 0.25) is 0 Å². The van der Waals surface area contributed by atoms with Crippen molar-refractivity contribution in [1.29, 1.82) is 0 Å². The summed E-state index contributed by atoms with van der Waals surface area (Å²) in [4.78, 5) is 20.2. The molecule has 0 aliphatic heterocycles. The molecule has 0 aliphatic carbocycles. The number of hydrogen-bond acceptors (Lipinski definition) is 6.